The largest absolute Gasteiger partial charge is 0.396 e. The quantitative estimate of drug-likeness (QED) is 0.214. The molecule has 10 N–H and O–H groups in total. The maximum Gasteiger partial charge on any atom is 0.186 e. The first-order valence-electron chi connectivity index (χ1n) is 11.2. The van der Waals surface area contributed by atoms with Crippen LogP contribution in [0.3, 0.4) is 0 Å². The van der Waals surface area contributed by atoms with Crippen LogP contribution in [0.4, 0.5) is 0 Å². The molecule has 2 saturated heterocycles. The van der Waals surface area contributed by atoms with Gasteiger partial charge in [-0.2, -0.15) is 0 Å². The van der Waals surface area contributed by atoms with Gasteiger partial charge in [0.05, 0.1) is 36.6 Å². The van der Waals surface area contributed by atoms with Gasteiger partial charge < -0.3 is 56.6 Å². The van der Waals surface area contributed by atoms with Gasteiger partial charge in [0.1, 0.15) is 6.10 Å². The van der Waals surface area contributed by atoms with Crippen LogP contribution in [0.15, 0.2) is 0 Å². The number of ether oxygens (including phenoxy) is 4. The molecular formula is C20H39N3O8. The van der Waals surface area contributed by atoms with Gasteiger partial charge in [-0.3, -0.25) is 0 Å². The molecule has 2 aliphatic heterocycles. The van der Waals surface area contributed by atoms with Gasteiger partial charge in [0, 0.05) is 50.9 Å². The van der Waals surface area contributed by atoms with Gasteiger partial charge in [-0.05, 0) is 12.3 Å². The summed E-state index contributed by atoms with van der Waals surface area (Å²) in [6.07, 6.45) is -4.70. The van der Waals surface area contributed by atoms with E-state index in [9.17, 15) is 20.4 Å². The third kappa shape index (κ3) is 5.92. The Morgan fingerprint density at radius 1 is 0.903 bits per heavy atom. The molecule has 182 valence electrons. The van der Waals surface area contributed by atoms with Gasteiger partial charge in [-0.25, -0.2) is 0 Å². The van der Waals surface area contributed by atoms with E-state index in [0.29, 0.717) is 19.3 Å². The lowest BCUT2D eigenvalue weighted by Crippen LogP contribution is -2.56. The van der Waals surface area contributed by atoms with Crippen LogP contribution in [-0.4, -0.2) is 101 Å². The van der Waals surface area contributed by atoms with E-state index in [-0.39, 0.29) is 50.1 Å². The molecule has 1 saturated carbocycles. The summed E-state index contributed by atoms with van der Waals surface area (Å²) in [4.78, 5) is 0. The molecule has 0 amide bonds. The zero-order chi connectivity index (χ0) is 22.7. The molecule has 3 rings (SSSR count). The lowest BCUT2D eigenvalue weighted by atomic mass is 9.82. The summed E-state index contributed by atoms with van der Waals surface area (Å²) in [6, 6.07) is -0.294. The highest BCUT2D eigenvalue weighted by atomic mass is 16.7. The third-order valence-electron chi connectivity index (χ3n) is 6.78. The molecule has 2 heterocycles. The first kappa shape index (κ1) is 25.2. The molecule has 12 atom stereocenters. The van der Waals surface area contributed by atoms with E-state index >= 15 is 0 Å². The Hall–Kier alpha value is -0.440. The number of aliphatic hydroxyl groups is 4. The van der Waals surface area contributed by atoms with Crippen LogP contribution in [0.5, 0.6) is 0 Å². The highest BCUT2D eigenvalue weighted by Gasteiger charge is 2.44. The minimum atomic E-state index is -1.19. The normalized spacial score (nSPS) is 49.2. The van der Waals surface area contributed by atoms with Crippen molar-refractivity contribution >= 4 is 0 Å². The van der Waals surface area contributed by atoms with Gasteiger partial charge >= 0.3 is 0 Å². The first-order chi connectivity index (χ1) is 14.8. The van der Waals surface area contributed by atoms with Crippen molar-refractivity contribution < 1.29 is 39.4 Å². The molecule has 31 heavy (non-hydrogen) atoms. The monoisotopic (exact) mass is 449 g/mol. The predicted octanol–water partition coefficient (Wildman–Crippen LogP) is -2.65. The summed E-state index contributed by atoms with van der Waals surface area (Å²) < 4.78 is 23.7. The van der Waals surface area contributed by atoms with Crippen LogP contribution in [-0.2, 0) is 18.9 Å². The molecule has 3 aliphatic rings. The first-order valence-corrected chi connectivity index (χ1v) is 11.2. The molecule has 11 heteroatoms. The smallest absolute Gasteiger partial charge is 0.186 e. The minimum Gasteiger partial charge on any atom is -0.396 e. The Kier molecular flexibility index (Phi) is 9.04. The molecule has 11 nitrogen and oxygen atoms in total. The molecule has 0 aromatic carbocycles. The summed E-state index contributed by atoms with van der Waals surface area (Å²) in [5.41, 5.74) is 17.7. The van der Waals surface area contributed by atoms with E-state index in [1.165, 1.54) is 0 Å². The lowest BCUT2D eigenvalue weighted by molar-refractivity contribution is -0.296. The Bertz CT molecular complexity index is 547. The molecule has 0 aromatic rings. The Morgan fingerprint density at radius 2 is 1.65 bits per heavy atom. The zero-order valence-corrected chi connectivity index (χ0v) is 18.0. The number of aliphatic hydroxyl groups excluding tert-OH is 4. The lowest BCUT2D eigenvalue weighted by Gasteiger charge is -2.45. The van der Waals surface area contributed by atoms with Crippen molar-refractivity contribution in [3.05, 3.63) is 0 Å². The van der Waals surface area contributed by atoms with E-state index in [1.807, 2.05) is 6.92 Å². The van der Waals surface area contributed by atoms with Crippen molar-refractivity contribution in [3.8, 4) is 0 Å². The summed E-state index contributed by atoms with van der Waals surface area (Å²) in [5.74, 6) is -0.255. The van der Waals surface area contributed by atoms with Gasteiger partial charge in [-0.1, -0.05) is 6.92 Å². The van der Waals surface area contributed by atoms with Crippen LogP contribution >= 0.6 is 0 Å². The van der Waals surface area contributed by atoms with E-state index < -0.39 is 49.2 Å². The van der Waals surface area contributed by atoms with Crippen molar-refractivity contribution in [2.45, 2.75) is 94.0 Å². The van der Waals surface area contributed by atoms with Crippen LogP contribution in [0, 0.1) is 11.8 Å². The maximum absolute atomic E-state index is 10.3. The predicted molar refractivity (Wildman–Crippen MR) is 109 cm³/mol. The third-order valence-corrected chi connectivity index (χ3v) is 6.78. The maximum atomic E-state index is 10.3. The Morgan fingerprint density at radius 3 is 2.29 bits per heavy atom. The summed E-state index contributed by atoms with van der Waals surface area (Å²) in [7, 11) is 0. The summed E-state index contributed by atoms with van der Waals surface area (Å²) in [6.45, 7) is 2.18. The van der Waals surface area contributed by atoms with Gasteiger partial charge in [0.2, 0.25) is 0 Å². The number of hydrogen-bond acceptors (Lipinski definition) is 11. The van der Waals surface area contributed by atoms with Crippen molar-refractivity contribution in [2.75, 3.05) is 19.7 Å². The number of nitrogens with two attached hydrogens (primary N) is 3. The van der Waals surface area contributed by atoms with E-state index in [0.717, 1.165) is 0 Å². The molecule has 0 spiro atoms. The van der Waals surface area contributed by atoms with Gasteiger partial charge in [-0.15, -0.1) is 0 Å². The van der Waals surface area contributed by atoms with Crippen LogP contribution in [0.1, 0.15) is 32.6 Å². The SMILES string of the molecule is C[C@@H]1C[C@@H](N)[C@H](OC2OC(CN)C[C@@H](O)[C@@H]2O)CC1OC1CC(CO)[C@H](O)C(CN)O1. The topological polar surface area (TPSA) is 196 Å². The fourth-order valence-corrected chi connectivity index (χ4v) is 4.75. The second-order valence-corrected chi connectivity index (χ2v) is 9.13. The van der Waals surface area contributed by atoms with Gasteiger partial charge in [0.15, 0.2) is 12.6 Å². The molecule has 1 aliphatic carbocycles. The second kappa shape index (κ2) is 11.1. The van der Waals surface area contributed by atoms with Crippen molar-refractivity contribution in [1.29, 1.82) is 0 Å². The number of rotatable bonds is 7. The van der Waals surface area contributed by atoms with Crippen LogP contribution in [0.2, 0.25) is 0 Å². The highest BCUT2D eigenvalue weighted by molar-refractivity contribution is 4.91. The number of hydrogen-bond donors (Lipinski definition) is 7. The van der Waals surface area contributed by atoms with Crippen molar-refractivity contribution in [2.24, 2.45) is 29.0 Å². The summed E-state index contributed by atoms with van der Waals surface area (Å²) in [5, 5.41) is 40.2. The second-order valence-electron chi connectivity index (χ2n) is 9.13. The van der Waals surface area contributed by atoms with Crippen LogP contribution in [0.25, 0.3) is 0 Å². The average Bonchev–Trinajstić information content (AvgIpc) is 2.75. The fourth-order valence-electron chi connectivity index (χ4n) is 4.75. The van der Waals surface area contributed by atoms with Crippen molar-refractivity contribution in [1.82, 2.24) is 0 Å². The molecule has 6 unspecified atom stereocenters. The average molecular weight is 450 g/mol. The van der Waals surface area contributed by atoms with E-state index in [4.69, 9.17) is 36.1 Å². The molecule has 0 bridgehead atoms. The van der Waals surface area contributed by atoms with Gasteiger partial charge in [0.25, 0.3) is 0 Å². The van der Waals surface area contributed by atoms with Crippen LogP contribution < -0.4 is 17.2 Å². The Labute approximate surface area is 182 Å². The zero-order valence-electron chi connectivity index (χ0n) is 18.0. The molecular weight excluding hydrogens is 410 g/mol. The molecule has 0 aromatic heterocycles. The van der Waals surface area contributed by atoms with Crippen molar-refractivity contribution in [3.63, 3.8) is 0 Å². The van der Waals surface area contributed by atoms with E-state index in [2.05, 4.69) is 0 Å². The highest BCUT2D eigenvalue weighted by Crippen LogP contribution is 2.34. The Balaban J connectivity index is 1.62. The molecule has 0 radical (unpaired) electrons. The fraction of sp³-hybridized carbons (Fsp3) is 1.00. The minimum absolute atomic E-state index is 0.119. The van der Waals surface area contributed by atoms with E-state index in [1.54, 1.807) is 0 Å². The standard InChI is InChI=1S/C20H39N3O8/c1-9-2-12(23)15(31-20-19(27)13(25)4-11(6-21)28-20)5-14(9)29-17-3-10(8-24)18(26)16(7-22)30-17/h9-20,24-27H,2-8,21-23H2,1H3/t9-,10?,11?,12-,13-,14?,15-,16?,17?,18+,19+,20?/m1/s1. The summed E-state index contributed by atoms with van der Waals surface area (Å²) >= 11 is 0. The molecule has 3 fully saturated rings.